The van der Waals surface area contributed by atoms with Gasteiger partial charge in [0, 0.05) is 23.0 Å². The number of carbonyl (C=O) groups excluding carboxylic acids is 1. The Kier molecular flexibility index (Phi) is 11.3. The van der Waals surface area contributed by atoms with Gasteiger partial charge in [0.2, 0.25) is 0 Å². The predicted molar refractivity (Wildman–Crippen MR) is 207 cm³/mol. The molecule has 0 aliphatic heterocycles. The van der Waals surface area contributed by atoms with Gasteiger partial charge < -0.3 is 14.0 Å². The Bertz CT molecular complexity index is 1220. The van der Waals surface area contributed by atoms with E-state index in [-0.39, 0.29) is 44.3 Å². The van der Waals surface area contributed by atoms with Crippen molar-refractivity contribution in [3.05, 3.63) is 23.3 Å². The molecule has 7 heteroatoms. The number of rotatable bonds is 11. The molecule has 47 heavy (non-hydrogen) atoms. The maximum Gasteiger partial charge on any atom is 0.192 e. The number of allylic oxidation sites excluding steroid dienone is 3. The third-order valence-electron chi connectivity index (χ3n) is 14.8. The molecule has 4 rings (SSSR count). The molecule has 4 aliphatic carbocycles. The summed E-state index contributed by atoms with van der Waals surface area (Å²) >= 11 is 1.91. The molecule has 0 bridgehead atoms. The normalized spacial score (nSPS) is 34.3. The van der Waals surface area contributed by atoms with Gasteiger partial charge in [0.25, 0.3) is 0 Å². The zero-order valence-electron chi connectivity index (χ0n) is 33.1. The van der Waals surface area contributed by atoms with Gasteiger partial charge in [0.15, 0.2) is 16.6 Å². The van der Waals surface area contributed by atoms with E-state index in [2.05, 4.69) is 115 Å². The Labute approximate surface area is 296 Å². The average Bonchev–Trinajstić information content (AvgIpc) is 3.21. The van der Waals surface area contributed by atoms with Gasteiger partial charge in [-0.1, -0.05) is 99.5 Å². The highest BCUT2D eigenvalue weighted by Gasteiger charge is 2.62. The van der Waals surface area contributed by atoms with Crippen LogP contribution in [0.15, 0.2) is 23.3 Å². The summed E-state index contributed by atoms with van der Waals surface area (Å²) in [6.45, 7) is 35.1. The van der Waals surface area contributed by atoms with Crippen LogP contribution in [0.4, 0.5) is 0 Å². The van der Waals surface area contributed by atoms with Crippen LogP contribution >= 0.6 is 11.8 Å². The fourth-order valence-corrected chi connectivity index (χ4v) is 13.5. The van der Waals surface area contributed by atoms with Crippen molar-refractivity contribution < 1.29 is 18.8 Å². The number of carbonyl (C=O) groups is 1. The summed E-state index contributed by atoms with van der Waals surface area (Å²) in [7, 11) is -4.02. The largest absolute Gasteiger partial charge is 0.414 e. The Balaban J connectivity index is 1.66. The molecule has 4 aliphatic rings. The quantitative estimate of drug-likeness (QED) is 0.217. The van der Waals surface area contributed by atoms with E-state index in [1.54, 1.807) is 0 Å². The fourth-order valence-electron chi connectivity index (χ4n) is 9.17. The molecule has 0 aromatic heterocycles. The minimum atomic E-state index is -2.07. The average molecular weight is 705 g/mol. The zero-order valence-corrected chi connectivity index (χ0v) is 35.9. The lowest BCUT2D eigenvalue weighted by molar-refractivity contribution is -0.122. The molecule has 3 saturated carbocycles. The van der Waals surface area contributed by atoms with E-state index >= 15 is 0 Å². The fraction of sp³-hybridized carbons (Fsp3) is 0.875. The molecule has 0 amide bonds. The van der Waals surface area contributed by atoms with Gasteiger partial charge in [-0.15, -0.1) is 0 Å². The molecule has 4 nitrogen and oxygen atoms in total. The molecule has 1 N–H and O–H groups in total. The second-order valence-corrected chi connectivity index (χ2v) is 30.5. The first-order valence-electron chi connectivity index (χ1n) is 19.0. The van der Waals surface area contributed by atoms with Crippen LogP contribution in [-0.4, -0.2) is 56.3 Å². The Morgan fingerprint density at radius 3 is 2.06 bits per heavy atom. The lowest BCUT2D eigenvalue weighted by Crippen LogP contribution is -2.58. The molecule has 0 radical (unpaired) electrons. The lowest BCUT2D eigenvalue weighted by Gasteiger charge is -2.59. The predicted octanol–water partition coefficient (Wildman–Crippen LogP) is 11.1. The van der Waals surface area contributed by atoms with Crippen molar-refractivity contribution in [2.24, 2.45) is 28.6 Å². The van der Waals surface area contributed by atoms with Crippen LogP contribution in [0.5, 0.6) is 0 Å². The first-order valence-corrected chi connectivity index (χ1v) is 25.9. The molecule has 3 fully saturated rings. The summed E-state index contributed by atoms with van der Waals surface area (Å²) in [5.41, 5.74) is 2.36. The first-order chi connectivity index (χ1) is 21.4. The van der Waals surface area contributed by atoms with Crippen molar-refractivity contribution in [2.75, 3.05) is 5.75 Å². The van der Waals surface area contributed by atoms with Crippen molar-refractivity contribution in [2.45, 2.75) is 187 Å². The summed E-state index contributed by atoms with van der Waals surface area (Å²) in [5, 5.41) is 11.4. The van der Waals surface area contributed by atoms with E-state index in [0.717, 1.165) is 50.7 Å². The minimum absolute atomic E-state index is 0.0161. The third kappa shape index (κ3) is 7.29. The number of fused-ring (bicyclic) bond motifs is 5. The summed E-state index contributed by atoms with van der Waals surface area (Å²) in [5.74, 6) is 2.14. The van der Waals surface area contributed by atoms with Gasteiger partial charge in [0.1, 0.15) is 5.78 Å². The van der Waals surface area contributed by atoms with E-state index < -0.39 is 22.2 Å². The standard InChI is InChI=1S/C40H72O4SSi2/c1-16-40(42,17-2)22-23-45-27(3)35-33(41)26-32-30-19-18-28-24-29(43-46(12,13)36(4,5)6)25-34(44-47(14,15)37(7,8)9)39(28,11)31(30)20-21-38(32,35)10/h18-19,27,29,31-32,34-35,42H,16-17,20-26H2,1-15H3/t27?,29-,31+,32+,34+,35+,38+,39+/m1/s1. The smallest absolute Gasteiger partial charge is 0.192 e. The van der Waals surface area contributed by atoms with Crippen molar-refractivity contribution >= 4 is 34.2 Å². The monoisotopic (exact) mass is 704 g/mol. The molecule has 0 aromatic carbocycles. The molecule has 1 unspecified atom stereocenters. The molecule has 270 valence electrons. The maximum atomic E-state index is 14.0. The zero-order chi connectivity index (χ0) is 35.6. The van der Waals surface area contributed by atoms with Gasteiger partial charge in [-0.2, -0.15) is 11.8 Å². The van der Waals surface area contributed by atoms with E-state index in [1.165, 1.54) is 11.1 Å². The van der Waals surface area contributed by atoms with E-state index in [9.17, 15) is 9.90 Å². The van der Waals surface area contributed by atoms with Crippen LogP contribution in [0.3, 0.4) is 0 Å². The second-order valence-electron chi connectivity index (χ2n) is 19.5. The van der Waals surface area contributed by atoms with Crippen LogP contribution < -0.4 is 0 Å². The van der Waals surface area contributed by atoms with Crippen LogP contribution in [0.25, 0.3) is 0 Å². The summed E-state index contributed by atoms with van der Waals surface area (Å²) < 4.78 is 14.7. The highest BCUT2D eigenvalue weighted by molar-refractivity contribution is 7.99. The Morgan fingerprint density at radius 2 is 1.51 bits per heavy atom. The van der Waals surface area contributed by atoms with Gasteiger partial charge >= 0.3 is 0 Å². The molecule has 0 aromatic rings. The van der Waals surface area contributed by atoms with Crippen LogP contribution in [0.2, 0.25) is 36.3 Å². The number of aliphatic hydroxyl groups is 1. The van der Waals surface area contributed by atoms with Crippen LogP contribution in [0, 0.1) is 28.6 Å². The summed E-state index contributed by atoms with van der Waals surface area (Å²) in [6.07, 6.45) is 12.4. The highest BCUT2D eigenvalue weighted by Crippen LogP contribution is 2.66. The minimum Gasteiger partial charge on any atom is -0.414 e. The van der Waals surface area contributed by atoms with E-state index in [1.807, 2.05) is 11.8 Å². The molecule has 0 spiro atoms. The van der Waals surface area contributed by atoms with Gasteiger partial charge in [0.05, 0.1) is 17.8 Å². The topological polar surface area (TPSA) is 55.8 Å². The van der Waals surface area contributed by atoms with Crippen molar-refractivity contribution in [1.29, 1.82) is 0 Å². The first kappa shape index (κ1) is 39.6. The number of hydrogen-bond donors (Lipinski definition) is 1. The maximum absolute atomic E-state index is 14.0. The molecule has 0 saturated heterocycles. The molecular formula is C40H72O4SSi2. The Morgan fingerprint density at radius 1 is 0.936 bits per heavy atom. The van der Waals surface area contributed by atoms with Crippen molar-refractivity contribution in [3.63, 3.8) is 0 Å². The number of thioether (sulfide) groups is 1. The van der Waals surface area contributed by atoms with Crippen molar-refractivity contribution in [3.8, 4) is 0 Å². The van der Waals surface area contributed by atoms with Crippen molar-refractivity contribution in [1.82, 2.24) is 0 Å². The molecular weight excluding hydrogens is 633 g/mol. The number of hydrogen-bond acceptors (Lipinski definition) is 5. The van der Waals surface area contributed by atoms with Gasteiger partial charge in [-0.25, -0.2) is 0 Å². The van der Waals surface area contributed by atoms with Crippen LogP contribution in [-0.2, 0) is 13.6 Å². The second kappa shape index (κ2) is 13.4. The number of ketones is 1. The summed E-state index contributed by atoms with van der Waals surface area (Å²) in [6, 6.07) is 0. The summed E-state index contributed by atoms with van der Waals surface area (Å²) in [4.78, 5) is 14.0. The van der Waals surface area contributed by atoms with Gasteiger partial charge in [-0.05, 0) is 104 Å². The lowest BCUT2D eigenvalue weighted by atomic mass is 9.49. The number of Topliss-reactive ketones (excluding diaryl/α,β-unsaturated/α-hetero) is 1. The Hall–Kier alpha value is -0.186. The SMILES string of the molecule is CCC(O)(CC)CCSC(C)[C@H]1C(=O)C[C@H]2C3=CC=C4C[C@@H](O[Si](C)(C)C(C)(C)C)C[C@H](O[Si](C)(C)C(C)(C)C)[C@]4(C)[C@H]3CC[C@]12C. The highest BCUT2D eigenvalue weighted by atomic mass is 32.2. The molecule has 0 heterocycles. The van der Waals surface area contributed by atoms with Crippen LogP contribution in [0.1, 0.15) is 128 Å². The van der Waals surface area contributed by atoms with E-state index in [0.29, 0.717) is 24.0 Å². The van der Waals surface area contributed by atoms with E-state index in [4.69, 9.17) is 8.85 Å². The third-order valence-corrected chi connectivity index (χ3v) is 25.0. The molecule has 8 atom stereocenters. The van der Waals surface area contributed by atoms with Gasteiger partial charge in [-0.3, -0.25) is 4.79 Å².